The van der Waals surface area contributed by atoms with Gasteiger partial charge in [-0.25, -0.2) is 4.98 Å². The Bertz CT molecular complexity index is 708. The number of halogens is 1. The molecule has 1 aromatic carbocycles. The number of carbonyl (C=O) groups excluding carboxylic acids is 1. The Hall–Kier alpha value is -1.47. The number of ether oxygens (including phenoxy) is 1. The Morgan fingerprint density at radius 3 is 2.76 bits per heavy atom. The van der Waals surface area contributed by atoms with Gasteiger partial charge in [0.15, 0.2) is 5.13 Å². The molecule has 7 heteroatoms. The van der Waals surface area contributed by atoms with Crippen LogP contribution in [0.5, 0.6) is 0 Å². The number of hydrogen-bond donors (Lipinski definition) is 2. The van der Waals surface area contributed by atoms with Gasteiger partial charge in [0.1, 0.15) is 0 Å². The summed E-state index contributed by atoms with van der Waals surface area (Å²) in [6.07, 6.45) is 1.56. The van der Waals surface area contributed by atoms with E-state index < -0.39 is 5.41 Å². The number of nitrogens with one attached hydrogen (secondary N) is 2. The Labute approximate surface area is 158 Å². The van der Waals surface area contributed by atoms with E-state index in [9.17, 15) is 4.79 Å². The van der Waals surface area contributed by atoms with Crippen LogP contribution in [0.2, 0.25) is 0 Å². The maximum absolute atomic E-state index is 12.8. The molecule has 2 heterocycles. The molecule has 0 saturated carbocycles. The zero-order chi connectivity index (χ0) is 17.0. The molecule has 2 N–H and O–H groups in total. The number of methoxy groups -OCH3 is 1. The normalized spacial score (nSPS) is 16.1. The molecule has 136 valence electrons. The number of aryl methyl sites for hydroxylation is 1. The number of thiazole rings is 1. The molecule has 0 unspecified atom stereocenters. The van der Waals surface area contributed by atoms with E-state index in [-0.39, 0.29) is 18.3 Å². The van der Waals surface area contributed by atoms with Gasteiger partial charge in [-0.05, 0) is 38.4 Å². The van der Waals surface area contributed by atoms with E-state index in [1.807, 2.05) is 17.5 Å². The third kappa shape index (κ3) is 4.39. The average Bonchev–Trinajstić information content (AvgIpc) is 3.04. The monoisotopic (exact) mass is 381 g/mol. The van der Waals surface area contributed by atoms with Crippen molar-refractivity contribution >= 4 is 34.8 Å². The summed E-state index contributed by atoms with van der Waals surface area (Å²) in [7, 11) is 1.65. The second kappa shape index (κ2) is 8.76. The highest BCUT2D eigenvalue weighted by atomic mass is 35.5. The molecule has 1 amide bonds. The fourth-order valence-electron chi connectivity index (χ4n) is 3.16. The summed E-state index contributed by atoms with van der Waals surface area (Å²) in [5.74, 6) is 0.0107. The molecule has 0 spiro atoms. The van der Waals surface area contributed by atoms with Crippen LogP contribution in [0.1, 0.15) is 18.4 Å². The Kier molecular flexibility index (Phi) is 6.95. The van der Waals surface area contributed by atoms with E-state index in [0.717, 1.165) is 37.2 Å². The lowest BCUT2D eigenvalue weighted by Gasteiger charge is -2.35. The first kappa shape index (κ1) is 19.8. The van der Waals surface area contributed by atoms with Gasteiger partial charge in [0, 0.05) is 18.1 Å². The Morgan fingerprint density at radius 2 is 2.08 bits per heavy atom. The van der Waals surface area contributed by atoms with Crippen molar-refractivity contribution in [1.82, 2.24) is 10.3 Å². The lowest BCUT2D eigenvalue weighted by atomic mass is 9.79. The largest absolute Gasteiger partial charge is 0.384 e. The SMILES string of the molecule is COCC1(C(=O)Nc2nc(-c3ccccc3C)cs2)CCNCC1.Cl. The van der Waals surface area contributed by atoms with Crippen molar-refractivity contribution in [3.63, 3.8) is 0 Å². The molecule has 3 rings (SSSR count). The van der Waals surface area contributed by atoms with E-state index in [2.05, 4.69) is 34.7 Å². The van der Waals surface area contributed by atoms with Gasteiger partial charge >= 0.3 is 0 Å². The molecule has 5 nitrogen and oxygen atoms in total. The third-order valence-corrected chi connectivity index (χ3v) is 5.37. The lowest BCUT2D eigenvalue weighted by Crippen LogP contribution is -2.47. The predicted molar refractivity (Wildman–Crippen MR) is 105 cm³/mol. The molecule has 1 aliphatic rings. The van der Waals surface area contributed by atoms with Crippen LogP contribution in [-0.4, -0.2) is 37.7 Å². The van der Waals surface area contributed by atoms with Crippen molar-refractivity contribution in [2.24, 2.45) is 5.41 Å². The van der Waals surface area contributed by atoms with Gasteiger partial charge in [-0.15, -0.1) is 23.7 Å². The van der Waals surface area contributed by atoms with Crippen molar-refractivity contribution in [3.8, 4) is 11.3 Å². The van der Waals surface area contributed by atoms with E-state index in [1.54, 1.807) is 7.11 Å². The zero-order valence-electron chi connectivity index (χ0n) is 14.5. The molecule has 0 radical (unpaired) electrons. The number of anilines is 1. The highest BCUT2D eigenvalue weighted by molar-refractivity contribution is 7.14. The van der Waals surface area contributed by atoms with Crippen LogP contribution in [0.4, 0.5) is 5.13 Å². The number of rotatable bonds is 5. The van der Waals surface area contributed by atoms with Crippen molar-refractivity contribution < 1.29 is 9.53 Å². The molecule has 1 aliphatic heterocycles. The van der Waals surface area contributed by atoms with E-state index in [1.165, 1.54) is 16.9 Å². The first-order valence-electron chi connectivity index (χ1n) is 8.17. The summed E-state index contributed by atoms with van der Waals surface area (Å²) >= 11 is 1.46. The summed E-state index contributed by atoms with van der Waals surface area (Å²) in [5.41, 5.74) is 2.71. The highest BCUT2D eigenvalue weighted by Crippen LogP contribution is 2.32. The van der Waals surface area contributed by atoms with E-state index in [0.29, 0.717) is 11.7 Å². The minimum atomic E-state index is -0.464. The number of aromatic nitrogens is 1. The molecule has 1 aromatic heterocycles. The zero-order valence-corrected chi connectivity index (χ0v) is 16.1. The molecule has 2 aromatic rings. The van der Waals surface area contributed by atoms with Gasteiger partial charge in [-0.3, -0.25) is 4.79 Å². The van der Waals surface area contributed by atoms with Crippen LogP contribution in [0, 0.1) is 12.3 Å². The fourth-order valence-corrected chi connectivity index (χ4v) is 3.87. The molecule has 1 saturated heterocycles. The van der Waals surface area contributed by atoms with Crippen LogP contribution < -0.4 is 10.6 Å². The highest BCUT2D eigenvalue weighted by Gasteiger charge is 2.40. The maximum Gasteiger partial charge on any atom is 0.234 e. The molecule has 0 bridgehead atoms. The number of piperidine rings is 1. The summed E-state index contributed by atoms with van der Waals surface area (Å²) in [4.78, 5) is 17.4. The van der Waals surface area contributed by atoms with Gasteiger partial charge in [-0.2, -0.15) is 0 Å². The standard InChI is InChI=1S/C18H23N3O2S.ClH/c1-13-5-3-4-6-14(13)15-11-24-17(20-15)21-16(22)18(12-23-2)7-9-19-10-8-18;/h3-6,11,19H,7-10,12H2,1-2H3,(H,20,21,22);1H. The number of benzene rings is 1. The third-order valence-electron chi connectivity index (χ3n) is 4.61. The van der Waals surface area contributed by atoms with Crippen molar-refractivity contribution in [2.75, 3.05) is 32.1 Å². The van der Waals surface area contributed by atoms with Gasteiger partial charge in [0.05, 0.1) is 17.7 Å². The number of carbonyl (C=O) groups is 1. The van der Waals surface area contributed by atoms with E-state index in [4.69, 9.17) is 4.74 Å². The lowest BCUT2D eigenvalue weighted by molar-refractivity contribution is -0.130. The second-order valence-electron chi connectivity index (χ2n) is 6.27. The smallest absolute Gasteiger partial charge is 0.234 e. The van der Waals surface area contributed by atoms with Crippen LogP contribution in [0.15, 0.2) is 29.6 Å². The number of nitrogens with zero attached hydrogens (tertiary/aromatic N) is 1. The quantitative estimate of drug-likeness (QED) is 0.832. The van der Waals surface area contributed by atoms with Gasteiger partial charge in [0.25, 0.3) is 0 Å². The predicted octanol–water partition coefficient (Wildman–Crippen LogP) is 3.50. The maximum atomic E-state index is 12.8. The first-order chi connectivity index (χ1) is 11.6. The first-order valence-corrected chi connectivity index (χ1v) is 9.05. The number of hydrogen-bond acceptors (Lipinski definition) is 5. The van der Waals surface area contributed by atoms with Gasteiger partial charge in [-0.1, -0.05) is 24.3 Å². The topological polar surface area (TPSA) is 63.2 Å². The molecule has 0 aliphatic carbocycles. The van der Waals surface area contributed by atoms with E-state index >= 15 is 0 Å². The van der Waals surface area contributed by atoms with Gasteiger partial charge in [0.2, 0.25) is 5.91 Å². The van der Waals surface area contributed by atoms with Crippen molar-refractivity contribution in [2.45, 2.75) is 19.8 Å². The van der Waals surface area contributed by atoms with Crippen LogP contribution in [-0.2, 0) is 9.53 Å². The summed E-state index contributed by atoms with van der Waals surface area (Å²) in [6, 6.07) is 8.13. The van der Waals surface area contributed by atoms with Crippen LogP contribution >= 0.6 is 23.7 Å². The fraction of sp³-hybridized carbons (Fsp3) is 0.444. The Balaban J connectivity index is 0.00000225. The Morgan fingerprint density at radius 1 is 1.36 bits per heavy atom. The van der Waals surface area contributed by atoms with Crippen LogP contribution in [0.3, 0.4) is 0 Å². The number of amides is 1. The van der Waals surface area contributed by atoms with Gasteiger partial charge < -0.3 is 15.4 Å². The molecule has 0 atom stereocenters. The summed E-state index contributed by atoms with van der Waals surface area (Å²) in [5, 5.41) is 8.94. The minimum absolute atomic E-state index is 0. The summed E-state index contributed by atoms with van der Waals surface area (Å²) in [6.45, 7) is 4.18. The molecule has 25 heavy (non-hydrogen) atoms. The molecular formula is C18H24ClN3O2S. The molecular weight excluding hydrogens is 358 g/mol. The van der Waals surface area contributed by atoms with Crippen molar-refractivity contribution in [3.05, 3.63) is 35.2 Å². The van der Waals surface area contributed by atoms with Crippen LogP contribution in [0.25, 0.3) is 11.3 Å². The summed E-state index contributed by atoms with van der Waals surface area (Å²) < 4.78 is 5.33. The van der Waals surface area contributed by atoms with Crippen molar-refractivity contribution in [1.29, 1.82) is 0 Å². The molecule has 1 fully saturated rings. The second-order valence-corrected chi connectivity index (χ2v) is 7.13. The average molecular weight is 382 g/mol. The minimum Gasteiger partial charge on any atom is -0.384 e.